The van der Waals surface area contributed by atoms with Gasteiger partial charge in [0.15, 0.2) is 5.78 Å². The molecule has 2 heterocycles. The standard InChI is InChI=1S/C29H30ClF5N2O3/c1-17-13-37(15-25(17)38)27(39)22-11-21(18-2-3-18)26(12-24(22)31)40-16-28(32)6-8-36(9-7-28)14-19-10-20(29(33,34)35)4-5-23(19)30/h4-5,10-12,17-18H,2-3,6-9,13-16H2,1H3. The van der Waals surface area contributed by atoms with Crippen LogP contribution in [0, 0.1) is 11.7 Å². The normalized spacial score (nSPS) is 21.6. The lowest BCUT2D eigenvalue weighted by atomic mass is 9.93. The number of carbonyl (C=O) groups is 2. The number of amides is 1. The Morgan fingerprint density at radius 3 is 2.45 bits per heavy atom. The second kappa shape index (κ2) is 10.9. The molecule has 0 N–H and O–H groups in total. The number of benzene rings is 2. The van der Waals surface area contributed by atoms with E-state index in [1.54, 1.807) is 6.92 Å². The van der Waals surface area contributed by atoms with Crippen LogP contribution in [0.1, 0.15) is 65.6 Å². The Kier molecular flexibility index (Phi) is 7.87. The minimum Gasteiger partial charge on any atom is -0.490 e. The van der Waals surface area contributed by atoms with E-state index >= 15 is 8.78 Å². The number of nitrogens with zero attached hydrogens (tertiary/aromatic N) is 2. The van der Waals surface area contributed by atoms with Crippen molar-refractivity contribution >= 4 is 23.3 Å². The highest BCUT2D eigenvalue weighted by Gasteiger charge is 2.38. The van der Waals surface area contributed by atoms with Crippen LogP contribution in [-0.2, 0) is 17.5 Å². The molecule has 40 heavy (non-hydrogen) atoms. The maximum absolute atomic E-state index is 15.7. The maximum atomic E-state index is 15.7. The van der Waals surface area contributed by atoms with Crippen molar-refractivity contribution < 1.29 is 36.3 Å². The highest BCUT2D eigenvalue weighted by atomic mass is 35.5. The van der Waals surface area contributed by atoms with E-state index in [1.165, 1.54) is 17.0 Å². The predicted octanol–water partition coefficient (Wildman–Crippen LogP) is 6.42. The summed E-state index contributed by atoms with van der Waals surface area (Å²) in [6.45, 7) is 2.36. The molecule has 2 saturated heterocycles. The minimum absolute atomic E-state index is 0.0438. The molecule has 3 aliphatic rings. The number of likely N-dealkylation sites (tertiary alicyclic amines) is 2. The first-order valence-electron chi connectivity index (χ1n) is 13.4. The highest BCUT2D eigenvalue weighted by molar-refractivity contribution is 6.31. The first-order valence-corrected chi connectivity index (χ1v) is 13.8. The molecular weight excluding hydrogens is 555 g/mol. The lowest BCUT2D eigenvalue weighted by Crippen LogP contribution is -2.44. The van der Waals surface area contributed by atoms with Gasteiger partial charge in [0.1, 0.15) is 23.8 Å². The number of alkyl halides is 4. The number of hydrogen-bond acceptors (Lipinski definition) is 4. The summed E-state index contributed by atoms with van der Waals surface area (Å²) in [7, 11) is 0. The first kappa shape index (κ1) is 28.8. The zero-order chi connectivity index (χ0) is 28.8. The molecule has 11 heteroatoms. The highest BCUT2D eigenvalue weighted by Crippen LogP contribution is 2.46. The van der Waals surface area contributed by atoms with Crippen molar-refractivity contribution in [2.24, 2.45) is 5.92 Å². The number of halogens is 6. The van der Waals surface area contributed by atoms with Crippen LogP contribution in [0.4, 0.5) is 22.0 Å². The van der Waals surface area contributed by atoms with Gasteiger partial charge in [0.2, 0.25) is 0 Å². The lowest BCUT2D eigenvalue weighted by molar-refractivity contribution is -0.137. The quantitative estimate of drug-likeness (QED) is 0.353. The van der Waals surface area contributed by atoms with Crippen LogP contribution in [0.2, 0.25) is 5.02 Å². The molecule has 0 radical (unpaired) electrons. The predicted molar refractivity (Wildman–Crippen MR) is 139 cm³/mol. The van der Waals surface area contributed by atoms with Crippen LogP contribution < -0.4 is 4.74 Å². The van der Waals surface area contributed by atoms with E-state index in [4.69, 9.17) is 16.3 Å². The Morgan fingerprint density at radius 2 is 1.85 bits per heavy atom. The molecule has 1 aliphatic carbocycles. The smallest absolute Gasteiger partial charge is 0.416 e. The second-order valence-corrected chi connectivity index (χ2v) is 11.6. The average molecular weight is 585 g/mol. The summed E-state index contributed by atoms with van der Waals surface area (Å²) in [5.74, 6) is -1.37. The molecular formula is C29H30ClF5N2O3. The Balaban J connectivity index is 1.22. The molecule has 0 bridgehead atoms. The van der Waals surface area contributed by atoms with Crippen molar-refractivity contribution in [3.8, 4) is 5.75 Å². The Hall–Kier alpha value is -2.72. The maximum Gasteiger partial charge on any atom is 0.416 e. The van der Waals surface area contributed by atoms with Crippen LogP contribution in [0.15, 0.2) is 30.3 Å². The monoisotopic (exact) mass is 584 g/mol. The van der Waals surface area contributed by atoms with Gasteiger partial charge in [-0.2, -0.15) is 13.2 Å². The zero-order valence-corrected chi connectivity index (χ0v) is 22.8. The van der Waals surface area contributed by atoms with Gasteiger partial charge in [0.05, 0.1) is 17.7 Å². The van der Waals surface area contributed by atoms with Gasteiger partial charge in [-0.1, -0.05) is 18.5 Å². The van der Waals surface area contributed by atoms with Gasteiger partial charge in [-0.15, -0.1) is 0 Å². The van der Waals surface area contributed by atoms with Gasteiger partial charge in [-0.05, 0) is 67.0 Å². The SMILES string of the molecule is CC1CN(C(=O)c2cc(C3CC3)c(OCC3(F)CCN(Cc4cc(C(F)(F)F)ccc4Cl)CC3)cc2F)CC1=O. The van der Waals surface area contributed by atoms with E-state index in [2.05, 4.69) is 0 Å². The number of ether oxygens (including phenoxy) is 1. The fourth-order valence-corrected chi connectivity index (χ4v) is 5.49. The van der Waals surface area contributed by atoms with E-state index in [0.29, 0.717) is 11.1 Å². The molecule has 1 saturated carbocycles. The summed E-state index contributed by atoms with van der Waals surface area (Å²) in [5, 5.41) is 0.218. The number of carbonyl (C=O) groups excluding carboxylic acids is 2. The summed E-state index contributed by atoms with van der Waals surface area (Å²) in [5.41, 5.74) is -1.62. The Morgan fingerprint density at radius 1 is 1.15 bits per heavy atom. The minimum atomic E-state index is -4.48. The van der Waals surface area contributed by atoms with Crippen molar-refractivity contribution in [3.63, 3.8) is 0 Å². The Labute approximate surface area is 234 Å². The molecule has 3 fully saturated rings. The van der Waals surface area contributed by atoms with Gasteiger partial charge >= 0.3 is 6.18 Å². The Bertz CT molecular complexity index is 1310. The van der Waals surface area contributed by atoms with Crippen LogP contribution in [0.25, 0.3) is 0 Å². The molecule has 2 aromatic carbocycles. The third-order valence-corrected chi connectivity index (χ3v) is 8.40. The number of rotatable bonds is 7. The third kappa shape index (κ3) is 6.28. The van der Waals surface area contributed by atoms with Gasteiger partial charge in [0, 0.05) is 43.2 Å². The second-order valence-electron chi connectivity index (χ2n) is 11.2. The zero-order valence-electron chi connectivity index (χ0n) is 22.0. The summed E-state index contributed by atoms with van der Waals surface area (Å²) in [4.78, 5) is 28.0. The van der Waals surface area contributed by atoms with Gasteiger partial charge < -0.3 is 9.64 Å². The topological polar surface area (TPSA) is 49.9 Å². The number of Topliss-reactive ketones (excluding diaryl/α,β-unsaturated/α-hetero) is 1. The molecule has 1 atom stereocenters. The molecule has 5 nitrogen and oxygen atoms in total. The van der Waals surface area contributed by atoms with Crippen LogP contribution in [-0.4, -0.2) is 59.9 Å². The number of ketones is 1. The summed E-state index contributed by atoms with van der Waals surface area (Å²) >= 11 is 6.12. The molecule has 1 unspecified atom stereocenters. The molecule has 2 aliphatic heterocycles. The van der Waals surface area contributed by atoms with Crippen molar-refractivity contribution in [2.75, 3.05) is 32.8 Å². The van der Waals surface area contributed by atoms with E-state index in [1.807, 2.05) is 4.90 Å². The molecule has 5 rings (SSSR count). The first-order chi connectivity index (χ1) is 18.8. The van der Waals surface area contributed by atoms with Gasteiger partial charge in [0.25, 0.3) is 5.91 Å². The average Bonchev–Trinajstić information content (AvgIpc) is 3.68. The van der Waals surface area contributed by atoms with E-state index in [9.17, 15) is 22.8 Å². The summed E-state index contributed by atoms with van der Waals surface area (Å²) < 4.78 is 75.9. The van der Waals surface area contributed by atoms with Crippen molar-refractivity contribution in [1.29, 1.82) is 0 Å². The third-order valence-electron chi connectivity index (χ3n) is 8.03. The summed E-state index contributed by atoms with van der Waals surface area (Å²) in [6, 6.07) is 5.78. The van der Waals surface area contributed by atoms with Crippen LogP contribution in [0.5, 0.6) is 5.75 Å². The van der Waals surface area contributed by atoms with Crippen molar-refractivity contribution in [2.45, 2.75) is 56.9 Å². The van der Waals surface area contributed by atoms with E-state index in [-0.39, 0.29) is 86.1 Å². The van der Waals surface area contributed by atoms with Gasteiger partial charge in [-0.3, -0.25) is 14.5 Å². The molecule has 2 aromatic rings. The fourth-order valence-electron chi connectivity index (χ4n) is 5.32. The summed E-state index contributed by atoms with van der Waals surface area (Å²) in [6.07, 6.45) is -2.61. The fraction of sp³-hybridized carbons (Fsp3) is 0.517. The molecule has 0 spiro atoms. The molecule has 0 aromatic heterocycles. The number of hydrogen-bond donors (Lipinski definition) is 0. The lowest BCUT2D eigenvalue weighted by Gasteiger charge is -2.36. The van der Waals surface area contributed by atoms with Crippen molar-refractivity contribution in [1.82, 2.24) is 9.80 Å². The molecule has 1 amide bonds. The number of piperidine rings is 1. The van der Waals surface area contributed by atoms with E-state index in [0.717, 1.165) is 31.0 Å². The van der Waals surface area contributed by atoms with Crippen LogP contribution >= 0.6 is 11.6 Å². The van der Waals surface area contributed by atoms with Crippen molar-refractivity contribution in [3.05, 3.63) is 63.4 Å². The van der Waals surface area contributed by atoms with Crippen LogP contribution in [0.3, 0.4) is 0 Å². The van der Waals surface area contributed by atoms with Gasteiger partial charge in [-0.25, -0.2) is 8.78 Å². The van der Waals surface area contributed by atoms with E-state index < -0.39 is 29.1 Å². The molecule has 216 valence electrons. The largest absolute Gasteiger partial charge is 0.490 e.